The van der Waals surface area contributed by atoms with Gasteiger partial charge in [0.25, 0.3) is 0 Å². The van der Waals surface area contributed by atoms with Gasteiger partial charge in [0.2, 0.25) is 0 Å². The molecule has 19 heavy (non-hydrogen) atoms. The first-order valence-electron chi connectivity index (χ1n) is 7.24. The fourth-order valence-corrected chi connectivity index (χ4v) is 3.01. The van der Waals surface area contributed by atoms with E-state index in [-0.39, 0.29) is 11.4 Å². The molecule has 106 valence electrons. The van der Waals surface area contributed by atoms with Crippen LogP contribution >= 0.6 is 0 Å². The lowest BCUT2D eigenvalue weighted by atomic mass is 9.80. The minimum Gasteiger partial charge on any atom is -0.494 e. The van der Waals surface area contributed by atoms with Gasteiger partial charge in [-0.3, -0.25) is 0 Å². The van der Waals surface area contributed by atoms with Crippen molar-refractivity contribution in [1.82, 2.24) is 0 Å². The summed E-state index contributed by atoms with van der Waals surface area (Å²) in [7, 11) is 1.48. The zero-order valence-corrected chi connectivity index (χ0v) is 11.8. The standard InChI is InChI=1S/C16H24FNO/c1-19-15-8-7-13(11-14(15)17)12-16(18)9-5-3-2-4-6-10-16/h7-8,11H,2-6,9-10,12,18H2,1H3. The first kappa shape index (κ1) is 14.3. The van der Waals surface area contributed by atoms with Crippen molar-refractivity contribution in [3.63, 3.8) is 0 Å². The second-order valence-electron chi connectivity index (χ2n) is 5.78. The first-order valence-corrected chi connectivity index (χ1v) is 7.24. The Balaban J connectivity index is 2.07. The number of ether oxygens (including phenoxy) is 1. The summed E-state index contributed by atoms with van der Waals surface area (Å²) in [5.74, 6) is 0.00179. The highest BCUT2D eigenvalue weighted by atomic mass is 19.1. The molecule has 1 saturated carbocycles. The lowest BCUT2D eigenvalue weighted by Gasteiger charge is -2.31. The average Bonchev–Trinajstić information content (AvgIpc) is 2.35. The van der Waals surface area contributed by atoms with Gasteiger partial charge in [-0.05, 0) is 37.0 Å². The van der Waals surface area contributed by atoms with Crippen LogP contribution in [0.25, 0.3) is 0 Å². The number of hydrogen-bond donors (Lipinski definition) is 1. The molecular weight excluding hydrogens is 241 g/mol. The van der Waals surface area contributed by atoms with Crippen molar-refractivity contribution < 1.29 is 9.13 Å². The number of rotatable bonds is 3. The SMILES string of the molecule is COc1ccc(CC2(N)CCCCCCC2)cc1F. The Labute approximate surface area is 115 Å². The predicted octanol–water partition coefficient (Wildman–Crippen LogP) is 3.82. The molecule has 1 aliphatic carbocycles. The normalized spacial score (nSPS) is 19.5. The molecule has 0 saturated heterocycles. The van der Waals surface area contributed by atoms with Gasteiger partial charge in [0.15, 0.2) is 11.6 Å². The van der Waals surface area contributed by atoms with Crippen LogP contribution in [0.5, 0.6) is 5.75 Å². The zero-order chi connectivity index (χ0) is 13.7. The Morgan fingerprint density at radius 3 is 2.37 bits per heavy atom. The van der Waals surface area contributed by atoms with Crippen molar-refractivity contribution in [1.29, 1.82) is 0 Å². The molecule has 0 unspecified atom stereocenters. The lowest BCUT2D eigenvalue weighted by molar-refractivity contribution is 0.313. The molecule has 0 atom stereocenters. The summed E-state index contributed by atoms with van der Waals surface area (Å²) in [6, 6.07) is 5.18. The van der Waals surface area contributed by atoms with Gasteiger partial charge >= 0.3 is 0 Å². The summed E-state index contributed by atoms with van der Waals surface area (Å²) in [5.41, 5.74) is 7.34. The third-order valence-electron chi connectivity index (χ3n) is 4.12. The van der Waals surface area contributed by atoms with Crippen molar-refractivity contribution in [2.75, 3.05) is 7.11 Å². The Bertz CT molecular complexity index is 411. The number of methoxy groups -OCH3 is 1. The minimum absolute atomic E-state index is 0.165. The van der Waals surface area contributed by atoms with Crippen LogP contribution in [0.4, 0.5) is 4.39 Å². The molecule has 0 heterocycles. The molecule has 2 nitrogen and oxygen atoms in total. The third kappa shape index (κ3) is 3.93. The molecule has 1 aromatic carbocycles. The molecule has 0 amide bonds. The van der Waals surface area contributed by atoms with E-state index in [9.17, 15) is 4.39 Å². The molecule has 0 spiro atoms. The average molecular weight is 265 g/mol. The summed E-state index contributed by atoms with van der Waals surface area (Å²) in [6.07, 6.45) is 9.10. The summed E-state index contributed by atoms with van der Waals surface area (Å²) in [5, 5.41) is 0. The Hall–Kier alpha value is -1.09. The van der Waals surface area contributed by atoms with Crippen molar-refractivity contribution in [3.8, 4) is 5.75 Å². The van der Waals surface area contributed by atoms with Crippen molar-refractivity contribution in [2.24, 2.45) is 5.73 Å². The molecular formula is C16H24FNO. The molecule has 1 fully saturated rings. The maximum atomic E-state index is 13.7. The fraction of sp³-hybridized carbons (Fsp3) is 0.625. The molecule has 2 rings (SSSR count). The van der Waals surface area contributed by atoms with Crippen molar-refractivity contribution >= 4 is 0 Å². The van der Waals surface area contributed by atoms with Crippen LogP contribution in [0.1, 0.15) is 50.5 Å². The van der Waals surface area contributed by atoms with Crippen LogP contribution in [-0.2, 0) is 6.42 Å². The van der Waals surface area contributed by atoms with Gasteiger partial charge in [-0.2, -0.15) is 0 Å². The molecule has 0 aliphatic heterocycles. The first-order chi connectivity index (χ1) is 9.13. The fourth-order valence-electron chi connectivity index (χ4n) is 3.01. The third-order valence-corrected chi connectivity index (χ3v) is 4.12. The topological polar surface area (TPSA) is 35.2 Å². The predicted molar refractivity (Wildman–Crippen MR) is 75.9 cm³/mol. The Kier molecular flexibility index (Phi) is 4.81. The van der Waals surface area contributed by atoms with E-state index in [4.69, 9.17) is 10.5 Å². The van der Waals surface area contributed by atoms with E-state index in [0.717, 1.165) is 24.8 Å². The van der Waals surface area contributed by atoms with E-state index >= 15 is 0 Å². The van der Waals surface area contributed by atoms with Gasteiger partial charge in [0.1, 0.15) is 0 Å². The summed E-state index contributed by atoms with van der Waals surface area (Å²) >= 11 is 0. The second kappa shape index (κ2) is 6.38. The van der Waals surface area contributed by atoms with Crippen LogP contribution in [0, 0.1) is 5.82 Å². The summed E-state index contributed by atoms with van der Waals surface area (Å²) in [4.78, 5) is 0. The van der Waals surface area contributed by atoms with Crippen LogP contribution in [-0.4, -0.2) is 12.6 Å². The van der Waals surface area contributed by atoms with Crippen LogP contribution < -0.4 is 10.5 Å². The zero-order valence-electron chi connectivity index (χ0n) is 11.8. The van der Waals surface area contributed by atoms with E-state index in [1.807, 2.05) is 6.07 Å². The van der Waals surface area contributed by atoms with Gasteiger partial charge in [-0.25, -0.2) is 4.39 Å². The van der Waals surface area contributed by atoms with Crippen molar-refractivity contribution in [2.45, 2.75) is 56.9 Å². The number of halogens is 1. The van der Waals surface area contributed by atoms with E-state index in [0.29, 0.717) is 5.75 Å². The molecule has 2 N–H and O–H groups in total. The van der Waals surface area contributed by atoms with Gasteiger partial charge < -0.3 is 10.5 Å². The number of nitrogens with two attached hydrogens (primary N) is 1. The monoisotopic (exact) mass is 265 g/mol. The summed E-state index contributed by atoms with van der Waals surface area (Å²) < 4.78 is 18.7. The van der Waals surface area contributed by atoms with Gasteiger partial charge in [-0.1, -0.05) is 38.2 Å². The molecule has 1 aromatic rings. The number of benzene rings is 1. The van der Waals surface area contributed by atoms with Crippen LogP contribution in [0.3, 0.4) is 0 Å². The van der Waals surface area contributed by atoms with Crippen LogP contribution in [0.2, 0.25) is 0 Å². The van der Waals surface area contributed by atoms with Gasteiger partial charge in [0, 0.05) is 5.54 Å². The molecule has 3 heteroatoms. The smallest absolute Gasteiger partial charge is 0.165 e. The van der Waals surface area contributed by atoms with E-state index in [2.05, 4.69) is 0 Å². The largest absolute Gasteiger partial charge is 0.494 e. The van der Waals surface area contributed by atoms with E-state index in [1.54, 1.807) is 12.1 Å². The van der Waals surface area contributed by atoms with E-state index < -0.39 is 0 Å². The highest BCUT2D eigenvalue weighted by Crippen LogP contribution is 2.28. The molecule has 0 radical (unpaired) electrons. The Morgan fingerprint density at radius 1 is 1.16 bits per heavy atom. The quantitative estimate of drug-likeness (QED) is 0.901. The number of hydrogen-bond acceptors (Lipinski definition) is 2. The van der Waals surface area contributed by atoms with Crippen molar-refractivity contribution in [3.05, 3.63) is 29.6 Å². The molecule has 0 aromatic heterocycles. The van der Waals surface area contributed by atoms with E-state index in [1.165, 1.54) is 39.2 Å². The minimum atomic E-state index is -0.297. The second-order valence-corrected chi connectivity index (χ2v) is 5.78. The maximum Gasteiger partial charge on any atom is 0.165 e. The molecule has 1 aliphatic rings. The molecule has 0 bridgehead atoms. The lowest BCUT2D eigenvalue weighted by Crippen LogP contribution is -2.42. The highest BCUT2D eigenvalue weighted by molar-refractivity contribution is 5.30. The highest BCUT2D eigenvalue weighted by Gasteiger charge is 2.26. The maximum absolute atomic E-state index is 13.7. The van der Waals surface area contributed by atoms with Crippen LogP contribution in [0.15, 0.2) is 18.2 Å². The Morgan fingerprint density at radius 2 is 1.79 bits per heavy atom. The summed E-state index contributed by atoms with van der Waals surface area (Å²) in [6.45, 7) is 0. The van der Waals surface area contributed by atoms with Gasteiger partial charge in [0.05, 0.1) is 7.11 Å². The van der Waals surface area contributed by atoms with Gasteiger partial charge in [-0.15, -0.1) is 0 Å².